The lowest BCUT2D eigenvalue weighted by Gasteiger charge is -2.04. The predicted molar refractivity (Wildman–Crippen MR) is 107 cm³/mol. The molecule has 138 valence electrons. The van der Waals surface area contributed by atoms with E-state index in [-0.39, 0.29) is 11.9 Å². The molecule has 1 aromatic carbocycles. The summed E-state index contributed by atoms with van der Waals surface area (Å²) in [5, 5.41) is 18.6. The van der Waals surface area contributed by atoms with Crippen molar-refractivity contribution < 1.29 is 10.2 Å². The molecule has 2 heterocycles. The molecule has 5 heteroatoms. The maximum Gasteiger partial charge on any atom is 0.178 e. The number of unbranched alkanes of at least 4 members (excludes halogenated alkanes) is 1. The van der Waals surface area contributed by atoms with Crippen LogP contribution in [0.3, 0.4) is 0 Å². The minimum Gasteiger partial charge on any atom is -0.506 e. The molecule has 2 aromatic heterocycles. The second-order valence-electron chi connectivity index (χ2n) is 6.50. The third-order valence-electron chi connectivity index (χ3n) is 4.18. The number of allylic oxidation sites excluding steroid dienone is 1. The van der Waals surface area contributed by atoms with Crippen LogP contribution in [0.25, 0.3) is 28.7 Å². The SMILES string of the molecule is CC(O)CCCC=Cc1ccc(-c2cnc(-c3ccc(O)cn3)nc2)cc1. The Labute approximate surface area is 159 Å². The molecule has 0 amide bonds. The van der Waals surface area contributed by atoms with Crippen LogP contribution < -0.4 is 0 Å². The van der Waals surface area contributed by atoms with Gasteiger partial charge in [-0.3, -0.25) is 0 Å². The van der Waals surface area contributed by atoms with E-state index in [1.54, 1.807) is 24.5 Å². The van der Waals surface area contributed by atoms with Crippen molar-refractivity contribution in [3.05, 3.63) is 66.6 Å². The van der Waals surface area contributed by atoms with Crippen molar-refractivity contribution in [3.63, 3.8) is 0 Å². The normalized spacial score (nSPS) is 12.4. The van der Waals surface area contributed by atoms with Gasteiger partial charge < -0.3 is 10.2 Å². The number of hydrogen-bond donors (Lipinski definition) is 2. The highest BCUT2D eigenvalue weighted by atomic mass is 16.3. The van der Waals surface area contributed by atoms with Gasteiger partial charge in [0.25, 0.3) is 0 Å². The Morgan fingerprint density at radius 1 is 0.926 bits per heavy atom. The van der Waals surface area contributed by atoms with Crippen LogP contribution in [0.4, 0.5) is 0 Å². The monoisotopic (exact) mass is 361 g/mol. The summed E-state index contributed by atoms with van der Waals surface area (Å²) in [6, 6.07) is 11.5. The van der Waals surface area contributed by atoms with Crippen molar-refractivity contribution in [1.29, 1.82) is 0 Å². The lowest BCUT2D eigenvalue weighted by molar-refractivity contribution is 0.182. The summed E-state index contributed by atoms with van der Waals surface area (Å²) in [7, 11) is 0. The van der Waals surface area contributed by atoms with Crippen LogP contribution in [0.2, 0.25) is 0 Å². The zero-order valence-electron chi connectivity index (χ0n) is 15.3. The predicted octanol–water partition coefficient (Wildman–Crippen LogP) is 4.48. The van der Waals surface area contributed by atoms with E-state index >= 15 is 0 Å². The minimum atomic E-state index is -0.226. The van der Waals surface area contributed by atoms with E-state index in [4.69, 9.17) is 0 Å². The zero-order chi connectivity index (χ0) is 19.1. The topological polar surface area (TPSA) is 79.1 Å². The van der Waals surface area contributed by atoms with E-state index in [0.29, 0.717) is 11.5 Å². The summed E-state index contributed by atoms with van der Waals surface area (Å²) >= 11 is 0. The number of hydrogen-bond acceptors (Lipinski definition) is 5. The van der Waals surface area contributed by atoms with Crippen molar-refractivity contribution in [2.45, 2.75) is 32.3 Å². The molecule has 3 aromatic rings. The van der Waals surface area contributed by atoms with E-state index in [1.807, 2.05) is 19.1 Å². The lowest BCUT2D eigenvalue weighted by Crippen LogP contribution is -1.97. The molecule has 0 bridgehead atoms. The quantitative estimate of drug-likeness (QED) is 0.607. The van der Waals surface area contributed by atoms with Crippen LogP contribution in [-0.4, -0.2) is 31.3 Å². The van der Waals surface area contributed by atoms with E-state index < -0.39 is 0 Å². The Balaban J connectivity index is 1.63. The van der Waals surface area contributed by atoms with E-state index in [2.05, 4.69) is 39.2 Å². The molecule has 0 fully saturated rings. The molecule has 1 atom stereocenters. The Morgan fingerprint density at radius 3 is 2.30 bits per heavy atom. The zero-order valence-corrected chi connectivity index (χ0v) is 15.3. The van der Waals surface area contributed by atoms with Crippen molar-refractivity contribution in [1.82, 2.24) is 15.0 Å². The summed E-state index contributed by atoms with van der Waals surface area (Å²) in [5.41, 5.74) is 3.74. The molecular weight excluding hydrogens is 338 g/mol. The van der Waals surface area contributed by atoms with Crippen molar-refractivity contribution in [3.8, 4) is 28.4 Å². The first-order chi connectivity index (χ1) is 13.1. The maximum atomic E-state index is 9.30. The van der Waals surface area contributed by atoms with Crippen molar-refractivity contribution in [2.24, 2.45) is 0 Å². The standard InChI is InChI=1S/C22H23N3O2/c1-16(26)5-3-2-4-6-17-7-9-18(10-8-17)19-13-24-22(25-14-19)21-12-11-20(27)15-23-21/h4,6-16,26-27H,2-3,5H2,1H3. The van der Waals surface area contributed by atoms with Gasteiger partial charge in [0, 0.05) is 18.0 Å². The van der Waals surface area contributed by atoms with Gasteiger partial charge in [0.1, 0.15) is 11.4 Å². The lowest BCUT2D eigenvalue weighted by atomic mass is 10.1. The molecule has 0 radical (unpaired) electrons. The summed E-state index contributed by atoms with van der Waals surface area (Å²) in [5.74, 6) is 0.642. The highest BCUT2D eigenvalue weighted by molar-refractivity contribution is 5.65. The molecule has 0 spiro atoms. The molecule has 5 nitrogen and oxygen atoms in total. The average Bonchev–Trinajstić information content (AvgIpc) is 2.69. The number of benzene rings is 1. The Kier molecular flexibility index (Phi) is 6.28. The fraction of sp³-hybridized carbons (Fsp3) is 0.227. The van der Waals surface area contributed by atoms with Crippen LogP contribution in [0.5, 0.6) is 5.75 Å². The van der Waals surface area contributed by atoms with E-state index in [0.717, 1.165) is 36.0 Å². The minimum absolute atomic E-state index is 0.118. The van der Waals surface area contributed by atoms with Gasteiger partial charge in [-0.25, -0.2) is 15.0 Å². The van der Waals surface area contributed by atoms with E-state index in [1.165, 1.54) is 6.20 Å². The average molecular weight is 361 g/mol. The maximum absolute atomic E-state index is 9.30. The fourth-order valence-corrected chi connectivity index (χ4v) is 2.66. The second kappa shape index (κ2) is 9.05. The third kappa shape index (κ3) is 5.46. The highest BCUT2D eigenvalue weighted by Crippen LogP contribution is 2.21. The number of aliphatic hydroxyl groups excluding tert-OH is 1. The van der Waals surface area contributed by atoms with Crippen LogP contribution in [0.1, 0.15) is 31.7 Å². The largest absolute Gasteiger partial charge is 0.506 e. The van der Waals surface area contributed by atoms with Gasteiger partial charge in [-0.2, -0.15) is 0 Å². The van der Waals surface area contributed by atoms with Gasteiger partial charge in [-0.15, -0.1) is 0 Å². The third-order valence-corrected chi connectivity index (χ3v) is 4.18. The van der Waals surface area contributed by atoms with Gasteiger partial charge in [-0.05, 0) is 49.4 Å². The van der Waals surface area contributed by atoms with Crippen LogP contribution >= 0.6 is 0 Å². The van der Waals surface area contributed by atoms with Crippen LogP contribution in [-0.2, 0) is 0 Å². The summed E-state index contributed by atoms with van der Waals surface area (Å²) in [4.78, 5) is 12.9. The van der Waals surface area contributed by atoms with Crippen molar-refractivity contribution in [2.75, 3.05) is 0 Å². The van der Waals surface area contributed by atoms with Gasteiger partial charge in [0.2, 0.25) is 0 Å². The molecule has 2 N–H and O–H groups in total. The number of aliphatic hydroxyl groups is 1. The molecule has 1 unspecified atom stereocenters. The smallest absolute Gasteiger partial charge is 0.178 e. The van der Waals surface area contributed by atoms with Crippen molar-refractivity contribution >= 4 is 6.08 Å². The summed E-state index contributed by atoms with van der Waals surface area (Å²) in [6.07, 6.45) is 11.7. The summed E-state index contributed by atoms with van der Waals surface area (Å²) < 4.78 is 0. The van der Waals surface area contributed by atoms with Gasteiger partial charge >= 0.3 is 0 Å². The number of nitrogens with zero attached hydrogens (tertiary/aromatic N) is 3. The first-order valence-electron chi connectivity index (χ1n) is 9.04. The molecule has 0 aliphatic carbocycles. The molecule has 0 aliphatic rings. The first-order valence-corrected chi connectivity index (χ1v) is 9.04. The molecule has 0 saturated heterocycles. The fourth-order valence-electron chi connectivity index (χ4n) is 2.66. The Hall–Kier alpha value is -3.05. The number of pyridine rings is 1. The molecular formula is C22H23N3O2. The van der Waals surface area contributed by atoms with Crippen LogP contribution in [0, 0.1) is 0 Å². The second-order valence-corrected chi connectivity index (χ2v) is 6.50. The Bertz CT molecular complexity index is 871. The van der Waals surface area contributed by atoms with E-state index in [9.17, 15) is 10.2 Å². The molecule has 27 heavy (non-hydrogen) atoms. The van der Waals surface area contributed by atoms with Gasteiger partial charge in [0.05, 0.1) is 12.3 Å². The van der Waals surface area contributed by atoms with Crippen LogP contribution in [0.15, 0.2) is 61.1 Å². The molecule has 0 aliphatic heterocycles. The molecule has 0 saturated carbocycles. The number of aromatic hydroxyl groups is 1. The van der Waals surface area contributed by atoms with Gasteiger partial charge in [0.15, 0.2) is 5.82 Å². The first kappa shape index (κ1) is 18.7. The van der Waals surface area contributed by atoms with Gasteiger partial charge in [-0.1, -0.05) is 36.4 Å². The number of aromatic nitrogens is 3. The highest BCUT2D eigenvalue weighted by Gasteiger charge is 2.04. The Morgan fingerprint density at radius 2 is 1.67 bits per heavy atom. The molecule has 3 rings (SSSR count). The number of rotatable bonds is 7. The summed E-state index contributed by atoms with van der Waals surface area (Å²) in [6.45, 7) is 1.82.